The third-order valence-electron chi connectivity index (χ3n) is 2.29. The van der Waals surface area contributed by atoms with Gasteiger partial charge in [-0.25, -0.2) is 4.79 Å². The Morgan fingerprint density at radius 1 is 1.32 bits per heavy atom. The van der Waals surface area contributed by atoms with Gasteiger partial charge in [-0.3, -0.25) is 0 Å². The van der Waals surface area contributed by atoms with E-state index >= 15 is 0 Å². The van der Waals surface area contributed by atoms with Gasteiger partial charge in [-0.2, -0.15) is 0 Å². The lowest BCUT2D eigenvalue weighted by Gasteiger charge is -2.02. The first kappa shape index (κ1) is 14.1. The first-order chi connectivity index (χ1) is 9.08. The van der Waals surface area contributed by atoms with Crippen molar-refractivity contribution in [2.75, 3.05) is 0 Å². The van der Waals surface area contributed by atoms with Crippen LogP contribution in [0.2, 0.25) is 10.0 Å². The van der Waals surface area contributed by atoms with E-state index in [0.717, 1.165) is 4.88 Å². The lowest BCUT2D eigenvalue weighted by atomic mass is 10.2. The van der Waals surface area contributed by atoms with E-state index in [4.69, 9.17) is 28.0 Å². The molecule has 0 aliphatic heterocycles. The molecule has 0 amide bonds. The standard InChI is InChI=1S/C13H9Cl2NO2S/c1-8(12-3-2-6-19-12)16-18-13(17)10-5-4-9(14)7-11(10)15/h2-7H,1H3/b16-8-. The van der Waals surface area contributed by atoms with Crippen molar-refractivity contribution in [1.82, 2.24) is 0 Å². The number of hydrogen-bond acceptors (Lipinski definition) is 4. The van der Waals surface area contributed by atoms with Crippen molar-refractivity contribution in [3.05, 3.63) is 56.2 Å². The molecule has 0 atom stereocenters. The molecular weight excluding hydrogens is 305 g/mol. The molecule has 0 unspecified atom stereocenters. The third-order valence-corrected chi connectivity index (χ3v) is 3.82. The average Bonchev–Trinajstić information content (AvgIpc) is 2.89. The van der Waals surface area contributed by atoms with E-state index in [2.05, 4.69) is 5.16 Å². The fraction of sp³-hybridized carbons (Fsp3) is 0.0769. The van der Waals surface area contributed by atoms with Crippen LogP contribution in [0.5, 0.6) is 0 Å². The van der Waals surface area contributed by atoms with Crippen molar-refractivity contribution in [1.29, 1.82) is 0 Å². The Morgan fingerprint density at radius 3 is 2.74 bits per heavy atom. The summed E-state index contributed by atoms with van der Waals surface area (Å²) in [5, 5.41) is 6.41. The molecule has 0 saturated carbocycles. The number of thiophene rings is 1. The molecule has 19 heavy (non-hydrogen) atoms. The minimum absolute atomic E-state index is 0.230. The van der Waals surface area contributed by atoms with Gasteiger partial charge < -0.3 is 4.84 Å². The maximum absolute atomic E-state index is 11.8. The first-order valence-electron chi connectivity index (χ1n) is 5.33. The highest BCUT2D eigenvalue weighted by molar-refractivity contribution is 7.12. The van der Waals surface area contributed by atoms with Gasteiger partial charge in [0.25, 0.3) is 0 Å². The van der Waals surface area contributed by atoms with Crippen LogP contribution in [-0.2, 0) is 4.84 Å². The highest BCUT2D eigenvalue weighted by Crippen LogP contribution is 2.21. The van der Waals surface area contributed by atoms with Gasteiger partial charge in [0.1, 0.15) is 0 Å². The third kappa shape index (κ3) is 3.56. The molecule has 1 aromatic heterocycles. The minimum Gasteiger partial charge on any atom is -0.312 e. The Balaban J connectivity index is 2.11. The number of halogens is 2. The summed E-state index contributed by atoms with van der Waals surface area (Å²) in [6, 6.07) is 8.35. The van der Waals surface area contributed by atoms with E-state index in [1.54, 1.807) is 13.0 Å². The van der Waals surface area contributed by atoms with Crippen LogP contribution in [0.3, 0.4) is 0 Å². The van der Waals surface area contributed by atoms with Gasteiger partial charge in [0.2, 0.25) is 0 Å². The summed E-state index contributed by atoms with van der Waals surface area (Å²) < 4.78 is 0. The van der Waals surface area contributed by atoms with Crippen molar-refractivity contribution in [2.45, 2.75) is 6.92 Å². The Labute approximate surface area is 124 Å². The van der Waals surface area contributed by atoms with Crippen LogP contribution in [-0.4, -0.2) is 11.7 Å². The van der Waals surface area contributed by atoms with E-state index in [1.807, 2.05) is 17.5 Å². The summed E-state index contributed by atoms with van der Waals surface area (Å²) in [6.07, 6.45) is 0. The van der Waals surface area contributed by atoms with Crippen molar-refractivity contribution in [2.24, 2.45) is 5.16 Å². The molecule has 2 aromatic rings. The van der Waals surface area contributed by atoms with E-state index in [0.29, 0.717) is 10.7 Å². The van der Waals surface area contributed by atoms with Gasteiger partial charge in [0, 0.05) is 5.02 Å². The zero-order valence-electron chi connectivity index (χ0n) is 9.89. The molecule has 0 bridgehead atoms. The van der Waals surface area contributed by atoms with Crippen molar-refractivity contribution in [3.63, 3.8) is 0 Å². The Hall–Kier alpha value is -1.36. The minimum atomic E-state index is -0.613. The predicted molar refractivity (Wildman–Crippen MR) is 78.4 cm³/mol. The van der Waals surface area contributed by atoms with Crippen LogP contribution < -0.4 is 0 Å². The number of hydrogen-bond donors (Lipinski definition) is 0. The number of nitrogens with zero attached hydrogens (tertiary/aromatic N) is 1. The number of rotatable bonds is 3. The Morgan fingerprint density at radius 2 is 2.11 bits per heavy atom. The molecule has 98 valence electrons. The molecule has 6 heteroatoms. The van der Waals surface area contributed by atoms with Crippen LogP contribution in [0.15, 0.2) is 40.9 Å². The van der Waals surface area contributed by atoms with Gasteiger partial charge in [-0.05, 0) is 36.6 Å². The molecule has 1 heterocycles. The maximum Gasteiger partial charge on any atom is 0.367 e. The van der Waals surface area contributed by atoms with Gasteiger partial charge in [0.15, 0.2) is 0 Å². The van der Waals surface area contributed by atoms with Crippen LogP contribution in [0.1, 0.15) is 22.2 Å². The largest absolute Gasteiger partial charge is 0.367 e. The summed E-state index contributed by atoms with van der Waals surface area (Å²) >= 11 is 13.2. The van der Waals surface area contributed by atoms with E-state index in [-0.39, 0.29) is 10.6 Å². The number of benzene rings is 1. The Bertz CT molecular complexity index is 624. The SMILES string of the molecule is C/C(=N/OC(=O)c1ccc(Cl)cc1Cl)c1cccs1. The second-order valence-corrected chi connectivity index (χ2v) is 5.45. The van der Waals surface area contributed by atoms with Crippen LogP contribution in [0.25, 0.3) is 0 Å². The molecule has 0 aliphatic carbocycles. The van der Waals surface area contributed by atoms with E-state index < -0.39 is 5.97 Å². The summed E-state index contributed by atoms with van der Waals surface area (Å²) in [6.45, 7) is 1.77. The van der Waals surface area contributed by atoms with E-state index in [1.165, 1.54) is 23.5 Å². The second kappa shape index (κ2) is 6.19. The molecule has 0 spiro atoms. The lowest BCUT2D eigenvalue weighted by molar-refractivity contribution is 0.0516. The average molecular weight is 314 g/mol. The van der Waals surface area contributed by atoms with Crippen LogP contribution in [0, 0.1) is 0 Å². The highest BCUT2D eigenvalue weighted by Gasteiger charge is 2.12. The lowest BCUT2D eigenvalue weighted by Crippen LogP contribution is -2.04. The Kier molecular flexibility index (Phi) is 4.58. The summed E-state index contributed by atoms with van der Waals surface area (Å²) in [5.41, 5.74) is 0.863. The van der Waals surface area contributed by atoms with Gasteiger partial charge in [-0.1, -0.05) is 34.4 Å². The quantitative estimate of drug-likeness (QED) is 0.470. The van der Waals surface area contributed by atoms with E-state index in [9.17, 15) is 4.79 Å². The van der Waals surface area contributed by atoms with Crippen molar-refractivity contribution < 1.29 is 9.63 Å². The highest BCUT2D eigenvalue weighted by atomic mass is 35.5. The number of carbonyl (C=O) groups is 1. The normalized spacial score (nSPS) is 11.4. The fourth-order valence-corrected chi connectivity index (χ4v) is 2.50. The molecule has 0 N–H and O–H groups in total. The van der Waals surface area contributed by atoms with Gasteiger partial charge in [0.05, 0.1) is 21.2 Å². The van der Waals surface area contributed by atoms with Crippen molar-refractivity contribution in [3.8, 4) is 0 Å². The topological polar surface area (TPSA) is 38.7 Å². The van der Waals surface area contributed by atoms with Crippen LogP contribution >= 0.6 is 34.5 Å². The first-order valence-corrected chi connectivity index (χ1v) is 6.96. The molecule has 0 radical (unpaired) electrons. The van der Waals surface area contributed by atoms with Crippen molar-refractivity contribution >= 4 is 46.2 Å². The monoisotopic (exact) mass is 313 g/mol. The predicted octanol–water partition coefficient (Wildman–Crippen LogP) is 4.64. The van der Waals surface area contributed by atoms with Crippen LogP contribution in [0.4, 0.5) is 0 Å². The summed E-state index contributed by atoms with van der Waals surface area (Å²) in [7, 11) is 0. The molecule has 0 saturated heterocycles. The number of oxime groups is 1. The van der Waals surface area contributed by atoms with Gasteiger partial charge in [-0.15, -0.1) is 11.3 Å². The smallest absolute Gasteiger partial charge is 0.312 e. The maximum atomic E-state index is 11.8. The second-order valence-electron chi connectivity index (χ2n) is 3.66. The molecule has 0 aliphatic rings. The molecule has 1 aromatic carbocycles. The molecule has 0 fully saturated rings. The molecular formula is C13H9Cl2NO2S. The zero-order valence-corrected chi connectivity index (χ0v) is 12.2. The fourth-order valence-electron chi connectivity index (χ4n) is 1.34. The zero-order chi connectivity index (χ0) is 13.8. The summed E-state index contributed by atoms with van der Waals surface area (Å²) in [4.78, 5) is 17.6. The number of carbonyl (C=O) groups excluding carboxylic acids is 1. The molecule has 3 nitrogen and oxygen atoms in total. The molecule has 2 rings (SSSR count). The van der Waals surface area contributed by atoms with Gasteiger partial charge >= 0.3 is 5.97 Å². The summed E-state index contributed by atoms with van der Waals surface area (Å²) in [5.74, 6) is -0.613.